The van der Waals surface area contributed by atoms with Crippen molar-refractivity contribution in [2.45, 2.75) is 0 Å². The van der Waals surface area contributed by atoms with Crippen molar-refractivity contribution in [2.75, 3.05) is 6.54 Å². The van der Waals surface area contributed by atoms with Crippen LogP contribution in [-0.4, -0.2) is 17.6 Å². The number of carbonyl (C=O) groups is 1. The van der Waals surface area contributed by atoms with Crippen molar-refractivity contribution >= 4 is 5.97 Å². The summed E-state index contributed by atoms with van der Waals surface area (Å²) in [6, 6.07) is 0. The van der Waals surface area contributed by atoms with Gasteiger partial charge in [-0.3, -0.25) is 4.79 Å². The van der Waals surface area contributed by atoms with Crippen molar-refractivity contribution in [3.05, 3.63) is 0 Å². The summed E-state index contributed by atoms with van der Waals surface area (Å²) in [5.41, 5.74) is 4.57. The number of carboxylic acid groups (broad SMARTS) is 1. The van der Waals surface area contributed by atoms with Crippen molar-refractivity contribution in [1.82, 2.24) is 0 Å². The topological polar surface area (TPSA) is 63.3 Å². The van der Waals surface area contributed by atoms with Crippen molar-refractivity contribution in [1.29, 1.82) is 0 Å². The van der Waals surface area contributed by atoms with E-state index >= 15 is 0 Å². The Labute approximate surface area is 94.6 Å². The van der Waals surface area contributed by atoms with Gasteiger partial charge in [0.25, 0.3) is 0 Å². The molecule has 0 amide bonds. The van der Waals surface area contributed by atoms with Crippen LogP contribution in [0.25, 0.3) is 0 Å². The van der Waals surface area contributed by atoms with Crippen LogP contribution in [0.5, 0.6) is 0 Å². The molecule has 0 unspecified atom stereocenters. The van der Waals surface area contributed by atoms with Gasteiger partial charge >= 0.3 is 25.4 Å². The summed E-state index contributed by atoms with van der Waals surface area (Å²) in [5.74, 6) is -0.968. The van der Waals surface area contributed by atoms with Gasteiger partial charge in [0.15, 0.2) is 0 Å². The Hall–Kier alpha value is 1.51. The second-order valence-corrected chi connectivity index (χ2v) is 0.598. The van der Waals surface area contributed by atoms with E-state index in [0.717, 1.165) is 0 Å². The van der Waals surface area contributed by atoms with Crippen molar-refractivity contribution in [3.63, 3.8) is 0 Å². The number of halogens is 2. The Morgan fingerprint density at radius 2 is 1.62 bits per heavy atom. The van der Waals surface area contributed by atoms with Crippen LogP contribution in [0.2, 0.25) is 0 Å². The molecular formula is C2H5I2NO2Zn. The molecule has 0 aliphatic rings. The average Bonchev–Trinajstić information content (AvgIpc) is 1.38. The summed E-state index contributed by atoms with van der Waals surface area (Å²) >= 11 is 0. The molecule has 0 saturated carbocycles. The molecule has 0 spiro atoms. The first-order valence-corrected chi connectivity index (χ1v) is 1.19. The smallest absolute Gasteiger partial charge is 1.00 e. The Kier molecular flexibility index (Phi) is 44.8. The quantitative estimate of drug-likeness (QED) is 0.343. The summed E-state index contributed by atoms with van der Waals surface area (Å²) in [6.07, 6.45) is 0. The fourth-order valence-electron chi connectivity index (χ4n) is 0. The van der Waals surface area contributed by atoms with Gasteiger partial charge in [-0.05, 0) is 0 Å². The Morgan fingerprint density at radius 1 is 1.50 bits per heavy atom. The zero-order valence-electron chi connectivity index (χ0n) is 4.10. The summed E-state index contributed by atoms with van der Waals surface area (Å²) in [5, 5.41) is 7.60. The third-order valence-corrected chi connectivity index (χ3v) is 0.175. The van der Waals surface area contributed by atoms with Crippen LogP contribution in [0, 0.1) is 0 Å². The van der Waals surface area contributed by atoms with Gasteiger partial charge in [-0.15, -0.1) is 0 Å². The first-order valence-electron chi connectivity index (χ1n) is 1.19. The standard InChI is InChI=1S/C2H5NO2.2HI.Zn/c3-1-2(4)5;;;/h1,3H2,(H,4,5);2*1H;/q;;;+2/p-2. The van der Waals surface area contributed by atoms with Crippen LogP contribution in [0.3, 0.4) is 0 Å². The van der Waals surface area contributed by atoms with Crippen molar-refractivity contribution < 1.29 is 77.3 Å². The van der Waals surface area contributed by atoms with Gasteiger partial charge in [0, 0.05) is 0 Å². The molecule has 0 rings (SSSR count). The van der Waals surface area contributed by atoms with E-state index in [1.54, 1.807) is 0 Å². The Morgan fingerprint density at radius 3 is 1.62 bits per heavy atom. The predicted molar refractivity (Wildman–Crippen MR) is 16.7 cm³/mol. The maximum atomic E-state index is 9.24. The first kappa shape index (κ1) is 22.7. The van der Waals surface area contributed by atoms with Gasteiger partial charge in [-0.2, -0.15) is 0 Å². The largest absolute Gasteiger partial charge is 2.00 e. The second-order valence-electron chi connectivity index (χ2n) is 0.598. The molecule has 46 valence electrons. The predicted octanol–water partition coefficient (Wildman–Crippen LogP) is -6.96. The zero-order chi connectivity index (χ0) is 4.28. The fraction of sp³-hybridized carbons (Fsp3) is 0.500. The summed E-state index contributed by atoms with van der Waals surface area (Å²) in [7, 11) is 0. The van der Waals surface area contributed by atoms with E-state index in [1.165, 1.54) is 0 Å². The van der Waals surface area contributed by atoms with Crippen LogP contribution < -0.4 is 53.7 Å². The third-order valence-electron chi connectivity index (χ3n) is 0.175. The molecule has 0 saturated heterocycles. The summed E-state index contributed by atoms with van der Waals surface area (Å²) < 4.78 is 0. The summed E-state index contributed by atoms with van der Waals surface area (Å²) in [4.78, 5) is 9.24. The number of nitrogens with two attached hydrogens (primary N) is 1. The van der Waals surface area contributed by atoms with E-state index in [4.69, 9.17) is 5.11 Å². The molecule has 0 atom stereocenters. The number of hydrogen-bond donors (Lipinski definition) is 2. The molecule has 0 radical (unpaired) electrons. The molecule has 6 heteroatoms. The Bertz CT molecular complexity index is 53.3. The molecule has 0 bridgehead atoms. The number of hydrogen-bond acceptors (Lipinski definition) is 2. The van der Waals surface area contributed by atoms with Crippen LogP contribution in [0.15, 0.2) is 0 Å². The second kappa shape index (κ2) is 15.8. The maximum absolute atomic E-state index is 9.24. The number of carboxylic acids is 1. The maximum Gasteiger partial charge on any atom is 2.00 e. The molecule has 3 nitrogen and oxygen atoms in total. The molecule has 0 heterocycles. The first-order chi connectivity index (χ1) is 2.27. The molecule has 3 N–H and O–H groups in total. The van der Waals surface area contributed by atoms with E-state index in [1.807, 2.05) is 0 Å². The van der Waals surface area contributed by atoms with Crippen LogP contribution in [-0.2, 0) is 24.3 Å². The molecule has 0 fully saturated rings. The molecule has 0 aromatic carbocycles. The van der Waals surface area contributed by atoms with Crippen LogP contribution in [0.1, 0.15) is 0 Å². The molecule has 0 aromatic heterocycles. The summed E-state index contributed by atoms with van der Waals surface area (Å²) in [6.45, 7) is -0.278. The third kappa shape index (κ3) is 25.8. The molecule has 0 aliphatic heterocycles. The van der Waals surface area contributed by atoms with E-state index in [2.05, 4.69) is 5.73 Å². The minimum atomic E-state index is -0.968. The van der Waals surface area contributed by atoms with Gasteiger partial charge in [0.05, 0.1) is 6.54 Å². The Balaban J connectivity index is -0.0000000267. The van der Waals surface area contributed by atoms with Gasteiger partial charge in [0.1, 0.15) is 0 Å². The minimum Gasteiger partial charge on any atom is -1.00 e. The SMILES string of the molecule is NCC(=O)O.[I-].[I-].[Zn+2]. The van der Waals surface area contributed by atoms with E-state index in [0.29, 0.717) is 0 Å². The normalized spacial score (nSPS) is 4.62. The van der Waals surface area contributed by atoms with Gasteiger partial charge in [-0.1, -0.05) is 0 Å². The monoisotopic (exact) mass is 393 g/mol. The van der Waals surface area contributed by atoms with Gasteiger partial charge in [0.2, 0.25) is 0 Å². The number of aliphatic carboxylic acids is 1. The van der Waals surface area contributed by atoms with Gasteiger partial charge < -0.3 is 58.8 Å². The zero-order valence-corrected chi connectivity index (χ0v) is 11.4. The molecular weight excluding hydrogens is 389 g/mol. The van der Waals surface area contributed by atoms with E-state index in [-0.39, 0.29) is 74.0 Å². The minimum absolute atomic E-state index is 0. The van der Waals surface area contributed by atoms with Crippen LogP contribution >= 0.6 is 0 Å². The van der Waals surface area contributed by atoms with Crippen LogP contribution in [0.4, 0.5) is 0 Å². The van der Waals surface area contributed by atoms with Crippen molar-refractivity contribution in [2.24, 2.45) is 5.73 Å². The average molecular weight is 394 g/mol. The van der Waals surface area contributed by atoms with Crippen molar-refractivity contribution in [3.8, 4) is 0 Å². The number of rotatable bonds is 1. The van der Waals surface area contributed by atoms with Gasteiger partial charge in [-0.25, -0.2) is 0 Å². The fourth-order valence-corrected chi connectivity index (χ4v) is 0. The molecule has 0 aromatic rings. The molecule has 8 heavy (non-hydrogen) atoms. The molecule has 0 aliphatic carbocycles. The van der Waals surface area contributed by atoms with E-state index < -0.39 is 5.97 Å². The van der Waals surface area contributed by atoms with E-state index in [9.17, 15) is 4.79 Å².